The third-order valence-corrected chi connectivity index (χ3v) is 3.42. The van der Waals surface area contributed by atoms with Crippen molar-refractivity contribution in [3.8, 4) is 0 Å². The molecular formula is C6H9NO2S2. The number of hydrogen-bond donors (Lipinski definition) is 0. The molecule has 0 fully saturated rings. The smallest absolute Gasteiger partial charge is 0.331 e. The Morgan fingerprint density at radius 2 is 2.64 bits per heavy atom. The van der Waals surface area contributed by atoms with E-state index in [1.807, 2.05) is 6.26 Å². The maximum absolute atomic E-state index is 10.9. The zero-order valence-electron chi connectivity index (χ0n) is 6.36. The van der Waals surface area contributed by atoms with Gasteiger partial charge in [-0.2, -0.15) is 0 Å². The van der Waals surface area contributed by atoms with Crippen molar-refractivity contribution >= 4 is 33.9 Å². The lowest BCUT2D eigenvalue weighted by Gasteiger charge is -2.00. The lowest BCUT2D eigenvalue weighted by atomic mass is 10.4. The monoisotopic (exact) mass is 191 g/mol. The molecule has 11 heavy (non-hydrogen) atoms. The second kappa shape index (κ2) is 4.01. The van der Waals surface area contributed by atoms with Crippen LogP contribution in [0.2, 0.25) is 0 Å². The number of methoxy groups -OCH3 is 1. The molecule has 0 bridgehead atoms. The minimum absolute atomic E-state index is 0.235. The highest BCUT2D eigenvalue weighted by Crippen LogP contribution is 2.24. The molecule has 1 aliphatic heterocycles. The van der Waals surface area contributed by atoms with Gasteiger partial charge in [0, 0.05) is 5.75 Å². The van der Waals surface area contributed by atoms with E-state index in [9.17, 15) is 4.79 Å². The highest BCUT2D eigenvalue weighted by Gasteiger charge is 2.24. The quantitative estimate of drug-likeness (QED) is 0.579. The number of carbonyl (C=O) groups is 1. The van der Waals surface area contributed by atoms with Crippen molar-refractivity contribution in [1.29, 1.82) is 0 Å². The summed E-state index contributed by atoms with van der Waals surface area (Å²) in [4.78, 5) is 15.1. The van der Waals surface area contributed by atoms with Crippen molar-refractivity contribution in [3.05, 3.63) is 0 Å². The van der Waals surface area contributed by atoms with E-state index in [-0.39, 0.29) is 12.0 Å². The third-order valence-electron chi connectivity index (χ3n) is 1.27. The van der Waals surface area contributed by atoms with Crippen LogP contribution in [0.1, 0.15) is 0 Å². The third kappa shape index (κ3) is 2.13. The van der Waals surface area contributed by atoms with Crippen molar-refractivity contribution in [1.82, 2.24) is 0 Å². The summed E-state index contributed by atoms with van der Waals surface area (Å²) < 4.78 is 5.53. The van der Waals surface area contributed by atoms with Crippen LogP contribution in [-0.4, -0.2) is 35.5 Å². The van der Waals surface area contributed by atoms with Gasteiger partial charge in [0.2, 0.25) is 0 Å². The van der Waals surface area contributed by atoms with Crippen molar-refractivity contribution < 1.29 is 9.53 Å². The van der Waals surface area contributed by atoms with E-state index in [4.69, 9.17) is 0 Å². The summed E-state index contributed by atoms with van der Waals surface area (Å²) in [5.74, 6) is 0.490. The number of aliphatic imine (C=N–C) groups is 1. The molecule has 62 valence electrons. The summed E-state index contributed by atoms with van der Waals surface area (Å²) in [6, 6.07) is -0.271. The Balaban J connectivity index is 2.52. The first-order chi connectivity index (χ1) is 5.27. The Labute approximate surface area is 74.0 Å². The Kier molecular flexibility index (Phi) is 3.26. The van der Waals surface area contributed by atoms with Gasteiger partial charge < -0.3 is 4.74 Å². The minimum atomic E-state index is -0.271. The van der Waals surface area contributed by atoms with E-state index in [0.29, 0.717) is 0 Å². The SMILES string of the molecule is COC(=O)C1CSC(SC)=N1. The Morgan fingerprint density at radius 3 is 3.09 bits per heavy atom. The van der Waals surface area contributed by atoms with Crippen LogP contribution >= 0.6 is 23.5 Å². The molecule has 1 rings (SSSR count). The number of esters is 1. The molecule has 0 saturated heterocycles. The van der Waals surface area contributed by atoms with Gasteiger partial charge in [-0.1, -0.05) is 11.8 Å². The largest absolute Gasteiger partial charge is 0.467 e. The van der Waals surface area contributed by atoms with Crippen LogP contribution in [0.3, 0.4) is 0 Å². The van der Waals surface area contributed by atoms with Crippen LogP contribution < -0.4 is 0 Å². The minimum Gasteiger partial charge on any atom is -0.467 e. The summed E-state index contributed by atoms with van der Waals surface area (Å²) in [6.07, 6.45) is 1.95. The topological polar surface area (TPSA) is 38.7 Å². The van der Waals surface area contributed by atoms with Crippen LogP contribution in [0, 0.1) is 0 Å². The van der Waals surface area contributed by atoms with E-state index in [2.05, 4.69) is 9.73 Å². The van der Waals surface area contributed by atoms with Crippen molar-refractivity contribution in [2.24, 2.45) is 4.99 Å². The number of rotatable bonds is 1. The zero-order chi connectivity index (χ0) is 8.27. The molecule has 0 aromatic heterocycles. The van der Waals surface area contributed by atoms with Crippen molar-refractivity contribution in [2.45, 2.75) is 6.04 Å². The molecule has 0 amide bonds. The molecule has 1 heterocycles. The second-order valence-corrected chi connectivity index (χ2v) is 4.01. The van der Waals surface area contributed by atoms with Gasteiger partial charge in [0.25, 0.3) is 0 Å². The molecule has 0 aromatic carbocycles. The Bertz CT molecular complexity index is 193. The summed E-state index contributed by atoms with van der Waals surface area (Å²) in [5, 5.41) is 0. The van der Waals surface area contributed by atoms with Gasteiger partial charge in [-0.3, -0.25) is 4.99 Å². The first-order valence-electron chi connectivity index (χ1n) is 3.10. The van der Waals surface area contributed by atoms with Crippen LogP contribution in [0.4, 0.5) is 0 Å². The van der Waals surface area contributed by atoms with Crippen LogP contribution in [-0.2, 0) is 9.53 Å². The van der Waals surface area contributed by atoms with E-state index in [1.165, 1.54) is 7.11 Å². The second-order valence-electron chi connectivity index (χ2n) is 1.95. The summed E-state index contributed by atoms with van der Waals surface area (Å²) in [7, 11) is 1.39. The molecule has 0 aliphatic carbocycles. The molecule has 0 radical (unpaired) electrons. The molecule has 5 heteroatoms. The van der Waals surface area contributed by atoms with Crippen LogP contribution in [0.15, 0.2) is 4.99 Å². The predicted octanol–water partition coefficient (Wildman–Crippen LogP) is 0.994. The van der Waals surface area contributed by atoms with Gasteiger partial charge in [0.15, 0.2) is 6.04 Å². The summed E-state index contributed by atoms with van der Waals surface area (Å²) in [6.45, 7) is 0. The van der Waals surface area contributed by atoms with E-state index < -0.39 is 0 Å². The number of ether oxygens (including phenoxy) is 1. The van der Waals surface area contributed by atoms with Gasteiger partial charge in [-0.25, -0.2) is 4.79 Å². The molecule has 0 saturated carbocycles. The van der Waals surface area contributed by atoms with Gasteiger partial charge in [-0.15, -0.1) is 11.8 Å². The molecule has 0 spiro atoms. The first kappa shape index (κ1) is 8.93. The lowest BCUT2D eigenvalue weighted by molar-refractivity contribution is -0.141. The van der Waals surface area contributed by atoms with E-state index in [1.54, 1.807) is 23.5 Å². The van der Waals surface area contributed by atoms with Gasteiger partial charge >= 0.3 is 5.97 Å². The first-order valence-corrected chi connectivity index (χ1v) is 5.31. The fourth-order valence-corrected chi connectivity index (χ4v) is 2.34. The maximum Gasteiger partial charge on any atom is 0.331 e. The van der Waals surface area contributed by atoms with Gasteiger partial charge in [-0.05, 0) is 6.26 Å². The van der Waals surface area contributed by atoms with Gasteiger partial charge in [0.05, 0.1) is 7.11 Å². The zero-order valence-corrected chi connectivity index (χ0v) is 8.00. The predicted molar refractivity (Wildman–Crippen MR) is 49.2 cm³/mol. The molecule has 1 aliphatic rings. The lowest BCUT2D eigenvalue weighted by Crippen LogP contribution is -2.19. The fraction of sp³-hybridized carbons (Fsp3) is 0.667. The number of nitrogens with zero attached hydrogens (tertiary/aromatic N) is 1. The van der Waals surface area contributed by atoms with E-state index in [0.717, 1.165) is 10.1 Å². The molecule has 0 N–H and O–H groups in total. The van der Waals surface area contributed by atoms with E-state index >= 15 is 0 Å². The van der Waals surface area contributed by atoms with Crippen LogP contribution in [0.25, 0.3) is 0 Å². The average Bonchev–Trinajstić information content (AvgIpc) is 2.50. The molecule has 0 aromatic rings. The average molecular weight is 191 g/mol. The number of thioether (sulfide) groups is 2. The maximum atomic E-state index is 10.9. The fourth-order valence-electron chi connectivity index (χ4n) is 0.720. The van der Waals surface area contributed by atoms with Crippen molar-refractivity contribution in [2.75, 3.05) is 19.1 Å². The Morgan fingerprint density at radius 1 is 1.91 bits per heavy atom. The van der Waals surface area contributed by atoms with Crippen molar-refractivity contribution in [3.63, 3.8) is 0 Å². The molecule has 1 unspecified atom stereocenters. The highest BCUT2D eigenvalue weighted by atomic mass is 32.2. The molecule has 1 atom stereocenters. The van der Waals surface area contributed by atoms with Gasteiger partial charge in [0.1, 0.15) is 4.38 Å². The summed E-state index contributed by atoms with van der Waals surface area (Å²) in [5.41, 5.74) is 0. The molecule has 3 nitrogen and oxygen atoms in total. The Hall–Kier alpha value is -0.160. The van der Waals surface area contributed by atoms with Crippen LogP contribution in [0.5, 0.6) is 0 Å². The molecular weight excluding hydrogens is 182 g/mol. The standard InChI is InChI=1S/C6H9NO2S2/c1-9-5(8)4-3-11-6(7-4)10-2/h4H,3H2,1-2H3. The number of hydrogen-bond acceptors (Lipinski definition) is 5. The summed E-state index contributed by atoms with van der Waals surface area (Å²) >= 11 is 3.18. The highest BCUT2D eigenvalue weighted by molar-refractivity contribution is 8.38. The normalized spacial score (nSPS) is 23.1. The number of carbonyl (C=O) groups excluding carboxylic acids is 1.